The van der Waals surface area contributed by atoms with E-state index in [4.69, 9.17) is 27.9 Å². The van der Waals surface area contributed by atoms with Crippen molar-refractivity contribution >= 4 is 52.4 Å². The number of likely N-dealkylation sites (N-methyl/N-ethyl adjacent to an activating group) is 1. The number of nitrogens with one attached hydrogen (secondary N) is 3. The Hall–Kier alpha value is -3.04. The summed E-state index contributed by atoms with van der Waals surface area (Å²) in [6.45, 7) is 0.356. The molecule has 0 saturated carbocycles. The topological polar surface area (TPSA) is 118 Å². The van der Waals surface area contributed by atoms with Gasteiger partial charge in [-0.05, 0) is 18.2 Å². The molecule has 0 aliphatic carbocycles. The van der Waals surface area contributed by atoms with E-state index in [2.05, 4.69) is 25.9 Å². The van der Waals surface area contributed by atoms with Crippen LogP contribution >= 0.6 is 23.2 Å². The zero-order chi connectivity index (χ0) is 20.3. The van der Waals surface area contributed by atoms with Crippen molar-refractivity contribution in [2.75, 3.05) is 18.9 Å². The summed E-state index contributed by atoms with van der Waals surface area (Å²) in [6.07, 6.45) is 2.92. The third-order valence-corrected chi connectivity index (χ3v) is 4.24. The highest BCUT2D eigenvalue weighted by atomic mass is 35.5. The third kappa shape index (κ3) is 4.44. The predicted molar refractivity (Wildman–Crippen MR) is 102 cm³/mol. The van der Waals surface area contributed by atoms with Crippen molar-refractivity contribution in [2.24, 2.45) is 5.16 Å². The van der Waals surface area contributed by atoms with Gasteiger partial charge in [0.05, 0.1) is 16.5 Å². The molecule has 3 N–H and O–H groups in total. The molecule has 1 aromatic rings. The number of oxime groups is 1. The van der Waals surface area contributed by atoms with Gasteiger partial charge in [0.2, 0.25) is 5.91 Å². The molecular formula is C17H14Cl2N4O5. The average molecular weight is 425 g/mol. The molecule has 2 aliphatic rings. The van der Waals surface area contributed by atoms with Crippen molar-refractivity contribution in [2.45, 2.75) is 6.42 Å². The van der Waals surface area contributed by atoms with Crippen molar-refractivity contribution < 1.29 is 24.0 Å². The number of ether oxygens (including phenoxy) is 1. The van der Waals surface area contributed by atoms with Crippen LogP contribution in [-0.2, 0) is 19.2 Å². The summed E-state index contributed by atoms with van der Waals surface area (Å²) in [4.78, 5) is 39.2. The quantitative estimate of drug-likeness (QED) is 0.619. The van der Waals surface area contributed by atoms with Crippen LogP contribution in [0.1, 0.15) is 6.42 Å². The summed E-state index contributed by atoms with van der Waals surface area (Å²) < 4.78 is 5.69. The number of halogens is 2. The van der Waals surface area contributed by atoms with Crippen molar-refractivity contribution in [3.63, 3.8) is 0 Å². The fraction of sp³-hybridized carbons (Fsp3) is 0.176. The number of anilines is 1. The standard InChI is InChI=1S/C17H14Cl2N4O5/c1-20-16(25)8-2-10(7-21-6-8)27-15-11(18)3-9(4-12(15)19)22-17(26)13-5-14(24)28-23-13/h2-4,7,21H,5-6H2,1H3,(H,20,25)(H,22,26). The number of rotatable bonds is 5. The number of nitrogens with zero attached hydrogens (tertiary/aromatic N) is 1. The molecule has 0 fully saturated rings. The van der Waals surface area contributed by atoms with Crippen LogP contribution in [0.2, 0.25) is 10.0 Å². The van der Waals surface area contributed by atoms with Crippen LogP contribution < -0.4 is 20.7 Å². The maximum atomic E-state index is 12.1. The molecule has 146 valence electrons. The van der Waals surface area contributed by atoms with Gasteiger partial charge in [-0.15, -0.1) is 0 Å². The molecule has 0 bridgehead atoms. The molecule has 0 saturated heterocycles. The number of allylic oxidation sites excluding steroid dienone is 1. The van der Waals surface area contributed by atoms with E-state index < -0.39 is 11.9 Å². The van der Waals surface area contributed by atoms with E-state index in [0.29, 0.717) is 17.9 Å². The Balaban J connectivity index is 1.74. The molecule has 9 nitrogen and oxygen atoms in total. The molecular weight excluding hydrogens is 411 g/mol. The Kier molecular flexibility index (Phi) is 5.86. The molecule has 3 rings (SSSR count). The molecule has 28 heavy (non-hydrogen) atoms. The molecule has 2 aliphatic heterocycles. The van der Waals surface area contributed by atoms with Gasteiger partial charge in [0.25, 0.3) is 5.91 Å². The van der Waals surface area contributed by atoms with Gasteiger partial charge in [-0.25, -0.2) is 4.79 Å². The second-order valence-electron chi connectivity index (χ2n) is 5.68. The van der Waals surface area contributed by atoms with Gasteiger partial charge in [-0.1, -0.05) is 28.4 Å². The Bertz CT molecular complexity index is 932. The highest BCUT2D eigenvalue weighted by Gasteiger charge is 2.24. The van der Waals surface area contributed by atoms with Crippen LogP contribution in [0.4, 0.5) is 5.69 Å². The largest absolute Gasteiger partial charge is 0.453 e. The first-order valence-electron chi connectivity index (χ1n) is 7.98. The third-order valence-electron chi connectivity index (χ3n) is 3.68. The van der Waals surface area contributed by atoms with Crippen molar-refractivity contribution in [3.8, 4) is 5.75 Å². The second-order valence-corrected chi connectivity index (χ2v) is 6.49. The monoisotopic (exact) mass is 424 g/mol. The van der Waals surface area contributed by atoms with Crippen molar-refractivity contribution in [1.82, 2.24) is 10.6 Å². The minimum Gasteiger partial charge on any atom is -0.453 e. The van der Waals surface area contributed by atoms with E-state index in [1.807, 2.05) is 0 Å². The first-order chi connectivity index (χ1) is 13.4. The van der Waals surface area contributed by atoms with E-state index in [-0.39, 0.29) is 39.5 Å². The lowest BCUT2D eigenvalue weighted by Crippen LogP contribution is -2.28. The fourth-order valence-corrected chi connectivity index (χ4v) is 2.94. The van der Waals surface area contributed by atoms with Gasteiger partial charge in [0.1, 0.15) is 5.76 Å². The van der Waals surface area contributed by atoms with Crippen molar-refractivity contribution in [1.29, 1.82) is 0 Å². The first-order valence-corrected chi connectivity index (χ1v) is 8.74. The highest BCUT2D eigenvalue weighted by molar-refractivity contribution is 6.46. The SMILES string of the molecule is CNC(=O)C1=CC(Oc2c(Cl)cc(NC(=O)C3=NOC(=O)C3)cc2Cl)=CNC1. The van der Waals surface area contributed by atoms with E-state index in [1.165, 1.54) is 19.2 Å². The normalized spacial score (nSPS) is 15.5. The molecule has 0 aromatic heterocycles. The Morgan fingerprint density at radius 3 is 2.57 bits per heavy atom. The van der Waals surface area contributed by atoms with E-state index >= 15 is 0 Å². The van der Waals surface area contributed by atoms with E-state index in [9.17, 15) is 14.4 Å². The zero-order valence-electron chi connectivity index (χ0n) is 14.5. The average Bonchev–Trinajstić information content (AvgIpc) is 3.11. The molecule has 2 amide bonds. The number of carbonyl (C=O) groups excluding carboxylic acids is 3. The molecule has 0 radical (unpaired) electrons. The lowest BCUT2D eigenvalue weighted by atomic mass is 10.2. The molecule has 0 atom stereocenters. The summed E-state index contributed by atoms with van der Waals surface area (Å²) in [5, 5.41) is 11.6. The Morgan fingerprint density at radius 1 is 1.25 bits per heavy atom. The number of dihydropyridines is 1. The van der Waals surface area contributed by atoms with Crippen LogP contribution in [0, 0.1) is 0 Å². The first kappa shape index (κ1) is 19.7. The summed E-state index contributed by atoms with van der Waals surface area (Å²) in [5.41, 5.74) is 0.708. The number of benzene rings is 1. The Labute approximate surface area is 169 Å². The molecule has 2 heterocycles. The van der Waals surface area contributed by atoms with Crippen LogP contribution in [0.5, 0.6) is 5.75 Å². The van der Waals surface area contributed by atoms with Gasteiger partial charge in [0, 0.05) is 31.1 Å². The minimum absolute atomic E-state index is 0.0529. The van der Waals surface area contributed by atoms with Gasteiger partial charge in [0.15, 0.2) is 11.5 Å². The molecule has 1 aromatic carbocycles. The number of hydrogen-bond acceptors (Lipinski definition) is 7. The second kappa shape index (κ2) is 8.32. The maximum absolute atomic E-state index is 12.1. The van der Waals surface area contributed by atoms with Gasteiger partial charge in [-0.2, -0.15) is 0 Å². The lowest BCUT2D eigenvalue weighted by molar-refractivity contribution is -0.140. The molecule has 11 heteroatoms. The maximum Gasteiger partial charge on any atom is 0.341 e. The summed E-state index contributed by atoms with van der Waals surface area (Å²) >= 11 is 12.5. The van der Waals surface area contributed by atoms with Crippen molar-refractivity contribution in [3.05, 3.63) is 45.8 Å². The summed E-state index contributed by atoms with van der Waals surface area (Å²) in [5.74, 6) is -0.969. The van der Waals surface area contributed by atoms with Crippen LogP contribution in [0.3, 0.4) is 0 Å². The van der Waals surface area contributed by atoms with Crippen LogP contribution in [0.15, 0.2) is 40.9 Å². The van der Waals surface area contributed by atoms with Crippen LogP contribution in [-0.4, -0.2) is 37.1 Å². The fourth-order valence-electron chi connectivity index (χ4n) is 2.37. The van der Waals surface area contributed by atoms with Gasteiger partial charge >= 0.3 is 5.97 Å². The highest BCUT2D eigenvalue weighted by Crippen LogP contribution is 2.37. The predicted octanol–water partition coefficient (Wildman–Crippen LogP) is 1.73. The van der Waals surface area contributed by atoms with Gasteiger partial charge < -0.3 is 25.5 Å². The van der Waals surface area contributed by atoms with E-state index in [0.717, 1.165) is 0 Å². The van der Waals surface area contributed by atoms with E-state index in [1.54, 1.807) is 12.3 Å². The number of amides is 2. The lowest BCUT2D eigenvalue weighted by Gasteiger charge is -2.17. The number of hydrogen-bond donors (Lipinski definition) is 3. The van der Waals surface area contributed by atoms with Crippen LogP contribution in [0.25, 0.3) is 0 Å². The zero-order valence-corrected chi connectivity index (χ0v) is 16.0. The Morgan fingerprint density at radius 2 is 1.96 bits per heavy atom. The molecule has 0 spiro atoms. The smallest absolute Gasteiger partial charge is 0.341 e. The summed E-state index contributed by atoms with van der Waals surface area (Å²) in [7, 11) is 1.53. The van der Waals surface area contributed by atoms with Gasteiger partial charge in [-0.3, -0.25) is 9.59 Å². The molecule has 0 unspecified atom stereocenters. The minimum atomic E-state index is -0.608. The summed E-state index contributed by atoms with van der Waals surface area (Å²) in [6, 6.07) is 2.86. The number of carbonyl (C=O) groups is 3.